The number of alkyl halides is 1. The first kappa shape index (κ1) is 16.4. The predicted molar refractivity (Wildman–Crippen MR) is 87.5 cm³/mol. The van der Waals surface area contributed by atoms with Crippen molar-refractivity contribution >= 4 is 17.2 Å². The lowest BCUT2D eigenvalue weighted by atomic mass is 9.80. The van der Waals surface area contributed by atoms with E-state index in [1.165, 1.54) is 0 Å². The van der Waals surface area contributed by atoms with E-state index in [-0.39, 0.29) is 17.2 Å². The third kappa shape index (κ3) is 2.76. The molecule has 3 aliphatic rings. The van der Waals surface area contributed by atoms with Gasteiger partial charge in [-0.15, -0.1) is 11.3 Å². The normalized spacial score (nSPS) is 31.1. The van der Waals surface area contributed by atoms with Gasteiger partial charge in [-0.2, -0.15) is 0 Å². The van der Waals surface area contributed by atoms with Crippen LogP contribution in [-0.4, -0.2) is 54.4 Å². The van der Waals surface area contributed by atoms with Gasteiger partial charge in [0.05, 0.1) is 37.1 Å². The van der Waals surface area contributed by atoms with Crippen LogP contribution in [0.3, 0.4) is 0 Å². The number of halogens is 1. The number of aryl methyl sites for hydroxylation is 1. The number of thiazole rings is 1. The smallest absolute Gasteiger partial charge is 0.260 e. The molecule has 2 saturated heterocycles. The number of hydrogen-bond acceptors (Lipinski definition) is 5. The molecule has 1 amide bonds. The Hall–Kier alpha value is -1.05. The van der Waals surface area contributed by atoms with Crippen LogP contribution in [0.25, 0.3) is 0 Å². The number of hydrogen-bond donors (Lipinski definition) is 0. The zero-order valence-corrected chi connectivity index (χ0v) is 14.7. The maximum absolute atomic E-state index is 14.5. The van der Waals surface area contributed by atoms with Gasteiger partial charge in [0.1, 0.15) is 0 Å². The number of nitrogens with zero attached hydrogens (tertiary/aromatic N) is 2. The molecule has 0 radical (unpaired) electrons. The van der Waals surface area contributed by atoms with Gasteiger partial charge in [-0.1, -0.05) is 0 Å². The van der Waals surface area contributed by atoms with Gasteiger partial charge in [0.2, 0.25) is 0 Å². The van der Waals surface area contributed by atoms with E-state index in [0.29, 0.717) is 52.4 Å². The monoisotopic (exact) mass is 354 g/mol. The molecule has 0 aromatic carbocycles. The van der Waals surface area contributed by atoms with Crippen molar-refractivity contribution in [1.82, 2.24) is 9.88 Å². The Morgan fingerprint density at radius 1 is 1.58 bits per heavy atom. The largest absolute Gasteiger partial charge is 0.380 e. The van der Waals surface area contributed by atoms with Gasteiger partial charge in [-0.3, -0.25) is 4.79 Å². The first-order chi connectivity index (χ1) is 11.5. The summed E-state index contributed by atoms with van der Waals surface area (Å²) in [6.45, 7) is 5.31. The molecular formula is C17H23FN2O3S. The van der Waals surface area contributed by atoms with Crippen molar-refractivity contribution in [2.45, 2.75) is 38.5 Å². The molecule has 1 aromatic heterocycles. The minimum Gasteiger partial charge on any atom is -0.380 e. The van der Waals surface area contributed by atoms with E-state index in [1.54, 1.807) is 16.2 Å². The van der Waals surface area contributed by atoms with Gasteiger partial charge in [-0.25, -0.2) is 9.37 Å². The minimum absolute atomic E-state index is 0.194. The van der Waals surface area contributed by atoms with Crippen molar-refractivity contribution in [1.29, 1.82) is 0 Å². The highest BCUT2D eigenvalue weighted by Gasteiger charge is 2.56. The Labute approximate surface area is 145 Å². The van der Waals surface area contributed by atoms with Gasteiger partial charge in [-0.05, 0) is 26.2 Å². The molecule has 0 spiro atoms. The van der Waals surface area contributed by atoms with Crippen LogP contribution in [0.5, 0.6) is 0 Å². The number of carbonyl (C=O) groups is 1. The Balaban J connectivity index is 1.38. The van der Waals surface area contributed by atoms with Crippen molar-refractivity contribution in [3.05, 3.63) is 16.1 Å². The third-order valence-electron chi connectivity index (χ3n) is 5.64. The minimum atomic E-state index is -1.61. The predicted octanol–water partition coefficient (Wildman–Crippen LogP) is 2.34. The van der Waals surface area contributed by atoms with Crippen LogP contribution in [0.2, 0.25) is 0 Å². The molecule has 3 heterocycles. The SMILES string of the molecule is Cc1nc(COC[C@]23COC[C@H]2CN(C(=O)C2(F)CCC2)C3)cs1. The summed E-state index contributed by atoms with van der Waals surface area (Å²) in [5.74, 6) is -0.0834. The Bertz CT molecular complexity index is 633. The van der Waals surface area contributed by atoms with Crippen molar-refractivity contribution in [3.63, 3.8) is 0 Å². The summed E-state index contributed by atoms with van der Waals surface area (Å²) in [5, 5.41) is 3.03. The molecule has 0 unspecified atom stereocenters. The van der Waals surface area contributed by atoms with E-state index < -0.39 is 5.67 Å². The summed E-state index contributed by atoms with van der Waals surface area (Å²) >= 11 is 1.61. The van der Waals surface area contributed by atoms with Gasteiger partial charge in [0.15, 0.2) is 5.67 Å². The second-order valence-electron chi connectivity index (χ2n) is 7.43. The van der Waals surface area contributed by atoms with E-state index in [2.05, 4.69) is 4.98 Å². The van der Waals surface area contributed by atoms with Crippen LogP contribution in [-0.2, 0) is 20.9 Å². The van der Waals surface area contributed by atoms with Crippen molar-refractivity contribution in [3.8, 4) is 0 Å². The summed E-state index contributed by atoms with van der Waals surface area (Å²) in [6.07, 6.45) is 1.55. The quantitative estimate of drug-likeness (QED) is 0.814. The molecule has 0 N–H and O–H groups in total. The fraction of sp³-hybridized carbons (Fsp3) is 0.765. The molecule has 3 fully saturated rings. The summed E-state index contributed by atoms with van der Waals surface area (Å²) in [4.78, 5) is 18.6. The zero-order valence-electron chi connectivity index (χ0n) is 13.9. The first-order valence-electron chi connectivity index (χ1n) is 8.56. The van der Waals surface area contributed by atoms with E-state index in [4.69, 9.17) is 9.47 Å². The van der Waals surface area contributed by atoms with Crippen molar-refractivity contribution < 1.29 is 18.7 Å². The lowest BCUT2D eigenvalue weighted by Gasteiger charge is -2.36. The van der Waals surface area contributed by atoms with Crippen LogP contribution in [0, 0.1) is 18.3 Å². The standard InChI is InChI=1S/C17H23FN2O3S/c1-12-19-14(8-24-12)7-23-11-16-9-20(5-13(16)6-22-10-16)15(21)17(18)3-2-4-17/h8,13H,2-7,9-11H2,1H3/t13-,16+/m1/s1. The highest BCUT2D eigenvalue weighted by atomic mass is 32.1. The second-order valence-corrected chi connectivity index (χ2v) is 8.49. The van der Waals surface area contributed by atoms with Gasteiger partial charge < -0.3 is 14.4 Å². The molecule has 7 heteroatoms. The van der Waals surface area contributed by atoms with Gasteiger partial charge in [0.25, 0.3) is 5.91 Å². The molecule has 2 atom stereocenters. The topological polar surface area (TPSA) is 51.7 Å². The van der Waals surface area contributed by atoms with Crippen LogP contribution in [0.1, 0.15) is 30.0 Å². The number of aromatic nitrogens is 1. The van der Waals surface area contributed by atoms with E-state index in [0.717, 1.165) is 17.1 Å². The molecule has 1 aromatic rings. The number of likely N-dealkylation sites (tertiary alicyclic amines) is 1. The lowest BCUT2D eigenvalue weighted by Crippen LogP contribution is -2.50. The summed E-state index contributed by atoms with van der Waals surface area (Å²) in [6, 6.07) is 0. The fourth-order valence-corrected chi connectivity index (χ4v) is 4.61. The maximum Gasteiger partial charge on any atom is 0.260 e. The van der Waals surface area contributed by atoms with Crippen LogP contribution < -0.4 is 0 Å². The van der Waals surface area contributed by atoms with Crippen LogP contribution in [0.4, 0.5) is 4.39 Å². The molecule has 24 heavy (non-hydrogen) atoms. The average Bonchev–Trinajstić information content (AvgIpc) is 3.18. The molecule has 2 aliphatic heterocycles. The van der Waals surface area contributed by atoms with Gasteiger partial charge >= 0.3 is 0 Å². The maximum atomic E-state index is 14.5. The number of fused-ring (bicyclic) bond motifs is 1. The molecule has 132 valence electrons. The number of ether oxygens (including phenoxy) is 2. The Morgan fingerprint density at radius 2 is 2.42 bits per heavy atom. The fourth-order valence-electron chi connectivity index (χ4n) is 4.01. The molecule has 1 saturated carbocycles. The molecule has 5 nitrogen and oxygen atoms in total. The molecule has 1 aliphatic carbocycles. The number of amides is 1. The lowest BCUT2D eigenvalue weighted by molar-refractivity contribution is -0.149. The van der Waals surface area contributed by atoms with Crippen molar-refractivity contribution in [2.24, 2.45) is 11.3 Å². The summed E-state index contributed by atoms with van der Waals surface area (Å²) in [7, 11) is 0. The Morgan fingerprint density at radius 3 is 3.08 bits per heavy atom. The van der Waals surface area contributed by atoms with E-state index in [1.807, 2.05) is 12.3 Å². The van der Waals surface area contributed by atoms with Crippen molar-refractivity contribution in [2.75, 3.05) is 32.9 Å². The second kappa shape index (κ2) is 6.04. The molecule has 0 bridgehead atoms. The number of carbonyl (C=O) groups excluding carboxylic acids is 1. The number of rotatable bonds is 5. The first-order valence-corrected chi connectivity index (χ1v) is 9.44. The van der Waals surface area contributed by atoms with Gasteiger partial charge in [0, 0.05) is 29.8 Å². The third-order valence-corrected chi connectivity index (χ3v) is 6.47. The average molecular weight is 354 g/mol. The van der Waals surface area contributed by atoms with Crippen LogP contribution in [0.15, 0.2) is 5.38 Å². The molecular weight excluding hydrogens is 331 g/mol. The highest BCUT2D eigenvalue weighted by Crippen LogP contribution is 2.45. The highest BCUT2D eigenvalue weighted by molar-refractivity contribution is 7.09. The Kier molecular flexibility index (Phi) is 4.13. The molecule has 4 rings (SSSR count). The van der Waals surface area contributed by atoms with E-state index in [9.17, 15) is 9.18 Å². The summed E-state index contributed by atoms with van der Waals surface area (Å²) in [5.41, 5.74) is -0.868. The van der Waals surface area contributed by atoms with E-state index >= 15 is 0 Å². The summed E-state index contributed by atoms with van der Waals surface area (Å²) < 4.78 is 26.0. The zero-order chi connectivity index (χ0) is 16.8. The van der Waals surface area contributed by atoms with Crippen LogP contribution >= 0.6 is 11.3 Å².